The molecule has 3 aliphatic heterocycles. The Morgan fingerprint density at radius 3 is 2.37 bits per heavy atom. The van der Waals surface area contributed by atoms with E-state index in [-0.39, 0.29) is 35.1 Å². The van der Waals surface area contributed by atoms with Gasteiger partial charge in [-0.05, 0) is 50.1 Å². The third kappa shape index (κ3) is 5.65. The number of amides is 3. The van der Waals surface area contributed by atoms with E-state index < -0.39 is 5.91 Å². The van der Waals surface area contributed by atoms with Gasteiger partial charge in [-0.1, -0.05) is 30.3 Å². The molecular formula is C28H36N7O3. The molecule has 5 rings (SSSR count). The van der Waals surface area contributed by atoms with Gasteiger partial charge in [-0.15, -0.1) is 0 Å². The Hall–Kier alpha value is -3.53. The lowest BCUT2D eigenvalue weighted by molar-refractivity contribution is -0.127. The van der Waals surface area contributed by atoms with Crippen molar-refractivity contribution in [3.05, 3.63) is 59.3 Å². The van der Waals surface area contributed by atoms with E-state index in [4.69, 9.17) is 5.73 Å². The Labute approximate surface area is 223 Å². The van der Waals surface area contributed by atoms with Gasteiger partial charge < -0.3 is 25.8 Å². The number of aryl methyl sites for hydroxylation is 1. The molecule has 0 aliphatic carbocycles. The number of likely N-dealkylation sites (tertiary alicyclic amines) is 3. The van der Waals surface area contributed by atoms with Crippen molar-refractivity contribution >= 4 is 23.7 Å². The van der Waals surface area contributed by atoms with Gasteiger partial charge >= 0.3 is 0 Å². The topological polar surface area (TPSA) is 125 Å². The van der Waals surface area contributed by atoms with Crippen LogP contribution in [0.2, 0.25) is 0 Å². The number of fused-ring (bicyclic) bond motifs is 1. The maximum Gasteiger partial charge on any atom is 0.268 e. The van der Waals surface area contributed by atoms with Crippen LogP contribution in [0.4, 0.5) is 5.95 Å². The number of primary amides is 1. The molecule has 0 bridgehead atoms. The number of hydrogen-bond acceptors (Lipinski definition) is 7. The lowest BCUT2D eigenvalue weighted by atomic mass is 10.0. The second-order valence-electron chi connectivity index (χ2n) is 10.7. The van der Waals surface area contributed by atoms with Crippen LogP contribution in [0.1, 0.15) is 51.9 Å². The zero-order valence-electron chi connectivity index (χ0n) is 22.1. The SMILES string of the molecule is CC(=O)N1CC[C@H](Nc2nc(C)c(C(=O)N3CC4CN(CC[CH]c5ccccc5)CC4C3)c(C(N)=O)n2)C1. The van der Waals surface area contributed by atoms with E-state index in [1.165, 1.54) is 5.56 Å². The van der Waals surface area contributed by atoms with Crippen LogP contribution >= 0.6 is 0 Å². The number of nitrogens with two attached hydrogens (primary N) is 1. The molecule has 0 spiro atoms. The molecule has 201 valence electrons. The second kappa shape index (κ2) is 11.1. The number of nitrogens with one attached hydrogen (secondary N) is 1. The Kier molecular flexibility index (Phi) is 7.60. The van der Waals surface area contributed by atoms with Crippen molar-refractivity contribution in [3.8, 4) is 0 Å². The largest absolute Gasteiger partial charge is 0.364 e. The lowest BCUT2D eigenvalue weighted by Gasteiger charge is -2.23. The van der Waals surface area contributed by atoms with Crippen LogP contribution in [-0.4, -0.2) is 94.2 Å². The smallest absolute Gasteiger partial charge is 0.268 e. The second-order valence-corrected chi connectivity index (χ2v) is 10.7. The normalized spacial score (nSPS) is 23.1. The number of nitrogens with zero attached hydrogens (tertiary/aromatic N) is 5. The molecule has 3 amide bonds. The fourth-order valence-electron chi connectivity index (χ4n) is 6.02. The zero-order chi connectivity index (χ0) is 26.8. The number of aromatic nitrogens is 2. The van der Waals surface area contributed by atoms with Crippen molar-refractivity contribution in [1.82, 2.24) is 24.7 Å². The van der Waals surface area contributed by atoms with Gasteiger partial charge in [0.15, 0.2) is 0 Å². The first-order chi connectivity index (χ1) is 18.3. The molecule has 2 unspecified atom stereocenters. The highest BCUT2D eigenvalue weighted by Crippen LogP contribution is 2.33. The molecule has 10 nitrogen and oxygen atoms in total. The van der Waals surface area contributed by atoms with Gasteiger partial charge in [0.1, 0.15) is 5.69 Å². The molecule has 1 aromatic heterocycles. The minimum Gasteiger partial charge on any atom is -0.364 e. The third-order valence-corrected chi connectivity index (χ3v) is 7.98. The maximum absolute atomic E-state index is 13.6. The predicted molar refractivity (Wildman–Crippen MR) is 143 cm³/mol. The van der Waals surface area contributed by atoms with Crippen molar-refractivity contribution in [1.29, 1.82) is 0 Å². The monoisotopic (exact) mass is 518 g/mol. The van der Waals surface area contributed by atoms with Crippen LogP contribution in [0.5, 0.6) is 0 Å². The Balaban J connectivity index is 1.19. The summed E-state index contributed by atoms with van der Waals surface area (Å²) < 4.78 is 0. The molecule has 38 heavy (non-hydrogen) atoms. The molecule has 1 aromatic carbocycles. The molecule has 10 heteroatoms. The molecular weight excluding hydrogens is 482 g/mol. The molecule has 3 atom stereocenters. The van der Waals surface area contributed by atoms with Crippen molar-refractivity contribution in [3.63, 3.8) is 0 Å². The van der Waals surface area contributed by atoms with E-state index in [0.717, 1.165) is 32.5 Å². The van der Waals surface area contributed by atoms with Gasteiger partial charge in [0.05, 0.1) is 11.3 Å². The number of carbonyl (C=O) groups is 3. The van der Waals surface area contributed by atoms with E-state index in [0.29, 0.717) is 43.7 Å². The summed E-state index contributed by atoms with van der Waals surface area (Å²) in [5, 5.41) is 3.20. The fourth-order valence-corrected chi connectivity index (χ4v) is 6.02. The van der Waals surface area contributed by atoms with E-state index in [1.807, 2.05) is 11.0 Å². The van der Waals surface area contributed by atoms with Crippen LogP contribution in [0.25, 0.3) is 0 Å². The first-order valence-corrected chi connectivity index (χ1v) is 13.4. The standard InChI is InChI=1S/C28H36N7O3/c1-18-24(25(26(29)37)32-28(30-18)31-23-10-12-34(17-23)19(2)36)27(38)35-15-21-13-33(14-22(21)16-35)11-6-9-20-7-4-3-5-8-20/h3-5,7-9,21-23H,6,10-17H2,1-2H3,(H2,29,37)(H,30,31,32)/t21?,22?,23-/m0/s1. The quantitative estimate of drug-likeness (QED) is 0.543. The highest BCUT2D eigenvalue weighted by molar-refractivity contribution is 6.06. The summed E-state index contributed by atoms with van der Waals surface area (Å²) in [5.41, 5.74) is 7.48. The minimum absolute atomic E-state index is 0.0215. The fraction of sp³-hybridized carbons (Fsp3) is 0.500. The van der Waals surface area contributed by atoms with Crippen LogP contribution in [0.15, 0.2) is 30.3 Å². The summed E-state index contributed by atoms with van der Waals surface area (Å²) in [5.74, 6) is 0.130. The Morgan fingerprint density at radius 2 is 1.74 bits per heavy atom. The Bertz CT molecular complexity index is 1190. The highest BCUT2D eigenvalue weighted by atomic mass is 16.2. The summed E-state index contributed by atoms with van der Waals surface area (Å²) in [7, 11) is 0. The number of anilines is 1. The molecule has 3 N–H and O–H groups in total. The molecule has 1 radical (unpaired) electrons. The van der Waals surface area contributed by atoms with Gasteiger partial charge in [-0.2, -0.15) is 0 Å². The Morgan fingerprint density at radius 1 is 1.03 bits per heavy atom. The number of benzene rings is 1. The molecule has 4 heterocycles. The summed E-state index contributed by atoms with van der Waals surface area (Å²) in [6.45, 7) is 8.72. The van der Waals surface area contributed by atoms with E-state index in [2.05, 4.69) is 50.9 Å². The number of rotatable bonds is 8. The van der Waals surface area contributed by atoms with Crippen molar-refractivity contribution < 1.29 is 14.4 Å². The van der Waals surface area contributed by atoms with Crippen LogP contribution in [-0.2, 0) is 4.79 Å². The lowest BCUT2D eigenvalue weighted by Crippen LogP contribution is -2.36. The van der Waals surface area contributed by atoms with Crippen molar-refractivity contribution in [2.75, 3.05) is 51.1 Å². The average Bonchev–Trinajstić information content (AvgIpc) is 3.59. The zero-order valence-corrected chi connectivity index (χ0v) is 22.1. The van der Waals surface area contributed by atoms with Crippen LogP contribution in [0, 0.1) is 25.2 Å². The molecule has 2 aromatic rings. The molecule has 3 saturated heterocycles. The molecule has 0 saturated carbocycles. The molecule has 3 fully saturated rings. The maximum atomic E-state index is 13.6. The van der Waals surface area contributed by atoms with Gasteiger partial charge in [0, 0.05) is 52.2 Å². The minimum atomic E-state index is -0.751. The number of hydrogen-bond donors (Lipinski definition) is 2. The van der Waals surface area contributed by atoms with Crippen molar-refractivity contribution in [2.45, 2.75) is 32.7 Å². The highest BCUT2D eigenvalue weighted by Gasteiger charge is 2.42. The van der Waals surface area contributed by atoms with Gasteiger partial charge in [0.2, 0.25) is 11.9 Å². The van der Waals surface area contributed by atoms with E-state index in [9.17, 15) is 14.4 Å². The first-order valence-electron chi connectivity index (χ1n) is 13.4. The summed E-state index contributed by atoms with van der Waals surface area (Å²) in [4.78, 5) is 52.4. The summed E-state index contributed by atoms with van der Waals surface area (Å²) in [6.07, 6.45) is 4.02. The number of carbonyl (C=O) groups excluding carboxylic acids is 3. The summed E-state index contributed by atoms with van der Waals surface area (Å²) in [6, 6.07) is 10.3. The molecule has 3 aliphatic rings. The van der Waals surface area contributed by atoms with Gasteiger partial charge in [0.25, 0.3) is 11.8 Å². The van der Waals surface area contributed by atoms with Crippen LogP contribution in [0.3, 0.4) is 0 Å². The predicted octanol–water partition coefficient (Wildman–Crippen LogP) is 1.56. The van der Waals surface area contributed by atoms with Crippen LogP contribution < -0.4 is 11.1 Å². The van der Waals surface area contributed by atoms with E-state index >= 15 is 0 Å². The average molecular weight is 519 g/mol. The first kappa shape index (κ1) is 26.1. The summed E-state index contributed by atoms with van der Waals surface area (Å²) >= 11 is 0. The van der Waals surface area contributed by atoms with Gasteiger partial charge in [-0.3, -0.25) is 14.4 Å². The third-order valence-electron chi connectivity index (χ3n) is 7.98. The van der Waals surface area contributed by atoms with Crippen molar-refractivity contribution in [2.24, 2.45) is 17.6 Å². The van der Waals surface area contributed by atoms with E-state index in [1.54, 1.807) is 18.7 Å². The van der Waals surface area contributed by atoms with Gasteiger partial charge in [-0.25, -0.2) is 9.97 Å².